The maximum absolute atomic E-state index is 12.3. The van der Waals surface area contributed by atoms with Crippen LogP contribution in [0.3, 0.4) is 0 Å². The number of nitrogens with zero attached hydrogens (tertiary/aromatic N) is 2. The molecule has 3 nitrogen and oxygen atoms in total. The van der Waals surface area contributed by atoms with E-state index in [2.05, 4.69) is 18.7 Å². The van der Waals surface area contributed by atoms with Crippen LogP contribution in [0.1, 0.15) is 34.3 Å². The summed E-state index contributed by atoms with van der Waals surface area (Å²) in [5.74, 6) is 0.127. The van der Waals surface area contributed by atoms with Crippen molar-refractivity contribution in [2.75, 3.05) is 33.2 Å². The van der Waals surface area contributed by atoms with Crippen LogP contribution in [-0.2, 0) is 0 Å². The molecule has 1 aliphatic heterocycles. The summed E-state index contributed by atoms with van der Waals surface area (Å²) >= 11 is 0. The van der Waals surface area contributed by atoms with Gasteiger partial charge in [-0.1, -0.05) is 6.07 Å². The normalized spacial score (nSPS) is 15.7. The quantitative estimate of drug-likeness (QED) is 0.830. The van der Waals surface area contributed by atoms with Gasteiger partial charge in [-0.2, -0.15) is 0 Å². The lowest BCUT2D eigenvalue weighted by Crippen LogP contribution is -2.35. The first-order chi connectivity index (χ1) is 9.08. The second-order valence-electron chi connectivity index (χ2n) is 5.57. The molecule has 1 aliphatic rings. The first-order valence-electron chi connectivity index (χ1n) is 7.13. The van der Waals surface area contributed by atoms with Crippen molar-refractivity contribution in [1.82, 2.24) is 9.80 Å². The Balaban J connectivity index is 1.92. The van der Waals surface area contributed by atoms with E-state index in [4.69, 9.17) is 0 Å². The molecule has 1 heterocycles. The number of benzene rings is 1. The highest BCUT2D eigenvalue weighted by Gasteiger charge is 2.15. The Hall–Kier alpha value is -1.35. The van der Waals surface area contributed by atoms with Gasteiger partial charge < -0.3 is 9.80 Å². The van der Waals surface area contributed by atoms with Crippen LogP contribution < -0.4 is 0 Å². The fourth-order valence-electron chi connectivity index (χ4n) is 2.49. The van der Waals surface area contributed by atoms with Gasteiger partial charge in [-0.3, -0.25) is 4.79 Å². The molecule has 1 aromatic carbocycles. The minimum Gasteiger partial charge on any atom is -0.340 e. The van der Waals surface area contributed by atoms with E-state index >= 15 is 0 Å². The van der Waals surface area contributed by atoms with Crippen LogP contribution in [-0.4, -0.2) is 48.9 Å². The molecule has 19 heavy (non-hydrogen) atoms. The Morgan fingerprint density at radius 1 is 1.21 bits per heavy atom. The monoisotopic (exact) mass is 260 g/mol. The van der Waals surface area contributed by atoms with E-state index in [9.17, 15) is 4.79 Å². The zero-order valence-corrected chi connectivity index (χ0v) is 12.3. The lowest BCUT2D eigenvalue weighted by Gasteiger charge is -2.21. The molecular formula is C16H24N2O. The molecule has 0 saturated carbocycles. The molecular weight excluding hydrogens is 236 g/mol. The first kappa shape index (κ1) is 14.1. The molecule has 0 atom stereocenters. The van der Waals surface area contributed by atoms with Gasteiger partial charge in [0.05, 0.1) is 0 Å². The average molecular weight is 260 g/mol. The third-order valence-electron chi connectivity index (χ3n) is 4.05. The lowest BCUT2D eigenvalue weighted by molar-refractivity contribution is 0.0782. The molecule has 0 unspecified atom stereocenters. The number of rotatable bonds is 4. The zero-order valence-electron chi connectivity index (χ0n) is 12.3. The van der Waals surface area contributed by atoms with Crippen LogP contribution in [0.15, 0.2) is 18.2 Å². The van der Waals surface area contributed by atoms with Crippen LogP contribution in [0.2, 0.25) is 0 Å². The predicted octanol–water partition coefficient (Wildman–Crippen LogP) is 2.47. The minimum absolute atomic E-state index is 0.127. The summed E-state index contributed by atoms with van der Waals surface area (Å²) < 4.78 is 0. The maximum atomic E-state index is 12.3. The number of likely N-dealkylation sites (tertiary alicyclic amines) is 1. The lowest BCUT2D eigenvalue weighted by atomic mass is 10.1. The molecule has 1 aromatic rings. The summed E-state index contributed by atoms with van der Waals surface area (Å²) in [6, 6.07) is 5.94. The molecule has 2 rings (SSSR count). The number of carbonyl (C=O) groups is 1. The Bertz CT molecular complexity index is 450. The van der Waals surface area contributed by atoms with Crippen molar-refractivity contribution >= 4 is 5.91 Å². The van der Waals surface area contributed by atoms with E-state index in [1.165, 1.54) is 37.1 Å². The molecule has 1 saturated heterocycles. The van der Waals surface area contributed by atoms with Crippen molar-refractivity contribution in [2.45, 2.75) is 26.7 Å². The second kappa shape index (κ2) is 6.20. The third kappa shape index (κ3) is 3.57. The van der Waals surface area contributed by atoms with Gasteiger partial charge in [0.1, 0.15) is 0 Å². The highest BCUT2D eigenvalue weighted by atomic mass is 16.2. The molecule has 0 aromatic heterocycles. The zero-order chi connectivity index (χ0) is 13.8. The van der Waals surface area contributed by atoms with Gasteiger partial charge in [0, 0.05) is 25.7 Å². The molecule has 0 spiro atoms. The van der Waals surface area contributed by atoms with Crippen LogP contribution in [0, 0.1) is 13.8 Å². The Morgan fingerprint density at radius 2 is 1.89 bits per heavy atom. The Morgan fingerprint density at radius 3 is 2.53 bits per heavy atom. The number of hydrogen-bond donors (Lipinski definition) is 0. The fraction of sp³-hybridized carbons (Fsp3) is 0.562. The van der Waals surface area contributed by atoms with E-state index < -0.39 is 0 Å². The average Bonchev–Trinajstić information content (AvgIpc) is 2.91. The summed E-state index contributed by atoms with van der Waals surface area (Å²) in [5.41, 5.74) is 3.21. The van der Waals surface area contributed by atoms with E-state index in [0.29, 0.717) is 0 Å². The van der Waals surface area contributed by atoms with E-state index in [-0.39, 0.29) is 5.91 Å². The first-order valence-corrected chi connectivity index (χ1v) is 7.13. The van der Waals surface area contributed by atoms with Crippen molar-refractivity contribution in [1.29, 1.82) is 0 Å². The molecule has 0 N–H and O–H groups in total. The molecule has 1 amide bonds. The van der Waals surface area contributed by atoms with Gasteiger partial charge in [0.2, 0.25) is 0 Å². The molecule has 1 fully saturated rings. The molecule has 0 bridgehead atoms. The van der Waals surface area contributed by atoms with Crippen LogP contribution in [0.25, 0.3) is 0 Å². The molecule has 3 heteroatoms. The Kier molecular flexibility index (Phi) is 4.59. The predicted molar refractivity (Wildman–Crippen MR) is 78.6 cm³/mol. The van der Waals surface area contributed by atoms with E-state index in [0.717, 1.165) is 18.7 Å². The van der Waals surface area contributed by atoms with Gasteiger partial charge in [-0.15, -0.1) is 0 Å². The van der Waals surface area contributed by atoms with Crippen molar-refractivity contribution in [3.05, 3.63) is 34.9 Å². The van der Waals surface area contributed by atoms with Gasteiger partial charge >= 0.3 is 0 Å². The third-order valence-corrected chi connectivity index (χ3v) is 4.05. The number of carbonyl (C=O) groups excluding carboxylic acids is 1. The maximum Gasteiger partial charge on any atom is 0.253 e. The van der Waals surface area contributed by atoms with Crippen LogP contribution in [0.5, 0.6) is 0 Å². The van der Waals surface area contributed by atoms with Crippen molar-refractivity contribution in [3.8, 4) is 0 Å². The van der Waals surface area contributed by atoms with Gasteiger partial charge in [0.25, 0.3) is 5.91 Å². The van der Waals surface area contributed by atoms with Gasteiger partial charge in [-0.25, -0.2) is 0 Å². The Labute approximate surface area is 116 Å². The topological polar surface area (TPSA) is 23.6 Å². The molecule has 0 aliphatic carbocycles. The summed E-state index contributed by atoms with van der Waals surface area (Å²) in [6.07, 6.45) is 2.60. The fourth-order valence-corrected chi connectivity index (χ4v) is 2.49. The van der Waals surface area contributed by atoms with Crippen molar-refractivity contribution in [3.63, 3.8) is 0 Å². The summed E-state index contributed by atoms with van der Waals surface area (Å²) in [7, 11) is 1.90. The second-order valence-corrected chi connectivity index (χ2v) is 5.57. The highest BCUT2D eigenvalue weighted by Crippen LogP contribution is 2.12. The van der Waals surface area contributed by atoms with E-state index in [1.807, 2.05) is 30.1 Å². The minimum atomic E-state index is 0.127. The molecule has 0 radical (unpaired) electrons. The van der Waals surface area contributed by atoms with Crippen LogP contribution >= 0.6 is 0 Å². The number of amides is 1. The largest absolute Gasteiger partial charge is 0.340 e. The number of hydrogen-bond acceptors (Lipinski definition) is 2. The highest BCUT2D eigenvalue weighted by molar-refractivity contribution is 5.94. The smallest absolute Gasteiger partial charge is 0.253 e. The van der Waals surface area contributed by atoms with Crippen molar-refractivity contribution < 1.29 is 4.79 Å². The number of likely N-dealkylation sites (N-methyl/N-ethyl adjacent to an activating group) is 1. The van der Waals surface area contributed by atoms with Gasteiger partial charge in [-0.05, 0) is 63.0 Å². The summed E-state index contributed by atoms with van der Waals surface area (Å²) in [6.45, 7) is 8.30. The van der Waals surface area contributed by atoms with Crippen LogP contribution in [0.4, 0.5) is 0 Å². The van der Waals surface area contributed by atoms with Crippen molar-refractivity contribution in [2.24, 2.45) is 0 Å². The SMILES string of the molecule is Cc1ccc(C(=O)N(C)CCN2CCCC2)cc1C. The summed E-state index contributed by atoms with van der Waals surface area (Å²) in [4.78, 5) is 16.6. The molecule has 104 valence electrons. The standard InChI is InChI=1S/C16H24N2O/c1-13-6-7-15(12-14(13)2)16(19)17(3)10-11-18-8-4-5-9-18/h6-7,12H,4-5,8-11H2,1-3H3. The summed E-state index contributed by atoms with van der Waals surface area (Å²) in [5, 5.41) is 0. The number of aryl methyl sites for hydroxylation is 2. The van der Waals surface area contributed by atoms with Gasteiger partial charge in [0.15, 0.2) is 0 Å². The van der Waals surface area contributed by atoms with E-state index in [1.54, 1.807) is 0 Å².